The maximum absolute atomic E-state index is 5.87. The van der Waals surface area contributed by atoms with Crippen molar-refractivity contribution in [1.29, 1.82) is 0 Å². The summed E-state index contributed by atoms with van der Waals surface area (Å²) in [6.07, 6.45) is 0. The Morgan fingerprint density at radius 2 is 1.56 bits per heavy atom. The minimum atomic E-state index is 0.799. The molecule has 0 aliphatic heterocycles. The van der Waals surface area contributed by atoms with Gasteiger partial charge in [0.15, 0.2) is 0 Å². The molecular weight excluding hydrogens is 288 g/mol. The number of aryl methyl sites for hydroxylation is 3. The minimum Gasteiger partial charge on any atom is -0.398 e. The molecule has 0 saturated heterocycles. The molecule has 2 nitrogen and oxygen atoms in total. The summed E-state index contributed by atoms with van der Waals surface area (Å²) in [6.45, 7) is 6.21. The summed E-state index contributed by atoms with van der Waals surface area (Å²) in [4.78, 5) is 0. The average Bonchev–Trinajstić information content (AvgIpc) is 2.24. The zero-order valence-corrected chi connectivity index (χ0v) is 12.4. The molecule has 0 amide bonds. The van der Waals surface area contributed by atoms with E-state index in [1.54, 1.807) is 0 Å². The van der Waals surface area contributed by atoms with E-state index in [1.807, 2.05) is 13.0 Å². The second kappa shape index (κ2) is 5.02. The van der Waals surface area contributed by atoms with Gasteiger partial charge in [-0.3, -0.25) is 0 Å². The molecule has 2 aromatic carbocycles. The second-order valence-electron chi connectivity index (χ2n) is 4.69. The fourth-order valence-corrected chi connectivity index (χ4v) is 2.46. The Morgan fingerprint density at radius 1 is 0.944 bits per heavy atom. The van der Waals surface area contributed by atoms with Crippen LogP contribution in [0.25, 0.3) is 0 Å². The van der Waals surface area contributed by atoms with Gasteiger partial charge in [-0.2, -0.15) is 0 Å². The van der Waals surface area contributed by atoms with Crippen LogP contribution < -0.4 is 11.1 Å². The van der Waals surface area contributed by atoms with Gasteiger partial charge in [-0.1, -0.05) is 6.07 Å². The molecule has 0 radical (unpaired) electrons. The quantitative estimate of drug-likeness (QED) is 0.789. The monoisotopic (exact) mass is 304 g/mol. The van der Waals surface area contributed by atoms with Gasteiger partial charge in [-0.05, 0) is 77.7 Å². The largest absolute Gasteiger partial charge is 0.398 e. The van der Waals surface area contributed by atoms with Gasteiger partial charge in [0.1, 0.15) is 0 Å². The van der Waals surface area contributed by atoms with Crippen LogP contribution in [0.3, 0.4) is 0 Å². The van der Waals surface area contributed by atoms with Gasteiger partial charge in [0, 0.05) is 15.8 Å². The van der Waals surface area contributed by atoms with Crippen molar-refractivity contribution in [2.75, 3.05) is 11.1 Å². The van der Waals surface area contributed by atoms with Crippen LogP contribution in [0.1, 0.15) is 16.7 Å². The molecule has 94 valence electrons. The summed E-state index contributed by atoms with van der Waals surface area (Å²) in [5.41, 5.74) is 12.4. The maximum Gasteiger partial charge on any atom is 0.0532 e. The van der Waals surface area contributed by atoms with Crippen molar-refractivity contribution >= 4 is 33.0 Å². The van der Waals surface area contributed by atoms with E-state index in [0.29, 0.717) is 0 Å². The number of benzene rings is 2. The number of rotatable bonds is 2. The molecule has 0 atom stereocenters. The highest BCUT2D eigenvalue weighted by Crippen LogP contribution is 2.30. The van der Waals surface area contributed by atoms with Gasteiger partial charge >= 0.3 is 0 Å². The Hall–Kier alpha value is -1.48. The lowest BCUT2D eigenvalue weighted by atomic mass is 10.1. The summed E-state index contributed by atoms with van der Waals surface area (Å²) in [5, 5.41) is 3.42. The smallest absolute Gasteiger partial charge is 0.0532 e. The van der Waals surface area contributed by atoms with Gasteiger partial charge in [-0.25, -0.2) is 0 Å². The standard InChI is InChI=1S/C15H17BrN2/c1-9-4-10(2)6-12(5-9)18-15-7-11(3)14(17)8-13(15)16/h4-8,18H,17H2,1-3H3. The molecule has 18 heavy (non-hydrogen) atoms. The molecule has 2 rings (SSSR count). The van der Waals surface area contributed by atoms with Gasteiger partial charge in [-0.15, -0.1) is 0 Å². The van der Waals surface area contributed by atoms with Gasteiger partial charge in [0.05, 0.1) is 5.69 Å². The van der Waals surface area contributed by atoms with Crippen LogP contribution in [0, 0.1) is 20.8 Å². The first-order chi connectivity index (χ1) is 8.45. The summed E-state index contributed by atoms with van der Waals surface area (Å²) in [7, 11) is 0. The van der Waals surface area contributed by atoms with Crippen molar-refractivity contribution in [3.05, 3.63) is 51.5 Å². The zero-order chi connectivity index (χ0) is 13.3. The predicted octanol–water partition coefficient (Wildman–Crippen LogP) is 4.70. The molecule has 0 spiro atoms. The first kappa shape index (κ1) is 13.0. The lowest BCUT2D eigenvalue weighted by molar-refractivity contribution is 1.36. The van der Waals surface area contributed by atoms with E-state index < -0.39 is 0 Å². The highest BCUT2D eigenvalue weighted by molar-refractivity contribution is 9.10. The van der Waals surface area contributed by atoms with E-state index >= 15 is 0 Å². The lowest BCUT2D eigenvalue weighted by Crippen LogP contribution is -1.96. The maximum atomic E-state index is 5.87. The van der Waals surface area contributed by atoms with E-state index in [-0.39, 0.29) is 0 Å². The predicted molar refractivity (Wildman–Crippen MR) is 82.5 cm³/mol. The molecule has 2 aromatic rings. The summed E-state index contributed by atoms with van der Waals surface area (Å²) < 4.78 is 0.977. The Labute approximate surface area is 116 Å². The first-order valence-corrected chi connectivity index (χ1v) is 6.66. The number of anilines is 3. The van der Waals surface area contributed by atoms with Crippen molar-refractivity contribution in [3.63, 3.8) is 0 Å². The number of hydrogen-bond donors (Lipinski definition) is 2. The lowest BCUT2D eigenvalue weighted by Gasteiger charge is -2.12. The van der Waals surface area contributed by atoms with Gasteiger partial charge in [0.2, 0.25) is 0 Å². The van der Waals surface area contributed by atoms with E-state index in [4.69, 9.17) is 5.73 Å². The minimum absolute atomic E-state index is 0.799. The molecule has 0 bridgehead atoms. The molecule has 0 aliphatic rings. The number of nitrogens with one attached hydrogen (secondary N) is 1. The van der Waals surface area contributed by atoms with Crippen LogP contribution in [-0.2, 0) is 0 Å². The van der Waals surface area contributed by atoms with Crippen molar-refractivity contribution in [2.24, 2.45) is 0 Å². The van der Waals surface area contributed by atoms with E-state index in [2.05, 4.69) is 59.4 Å². The Balaban J connectivity index is 2.36. The third kappa shape index (κ3) is 2.85. The highest BCUT2D eigenvalue weighted by Gasteiger charge is 2.04. The number of nitrogen functional groups attached to an aromatic ring is 1. The van der Waals surface area contributed by atoms with Gasteiger partial charge in [0.25, 0.3) is 0 Å². The van der Waals surface area contributed by atoms with Crippen molar-refractivity contribution in [1.82, 2.24) is 0 Å². The second-order valence-corrected chi connectivity index (χ2v) is 5.54. The van der Waals surface area contributed by atoms with Crippen LogP contribution in [-0.4, -0.2) is 0 Å². The topological polar surface area (TPSA) is 38.0 Å². The highest BCUT2D eigenvalue weighted by atomic mass is 79.9. The molecular formula is C15H17BrN2. The number of nitrogens with two attached hydrogens (primary N) is 1. The van der Waals surface area contributed by atoms with E-state index in [0.717, 1.165) is 27.1 Å². The zero-order valence-electron chi connectivity index (χ0n) is 10.8. The summed E-state index contributed by atoms with van der Waals surface area (Å²) in [6, 6.07) is 10.4. The molecule has 3 N–H and O–H groups in total. The summed E-state index contributed by atoms with van der Waals surface area (Å²) >= 11 is 3.53. The first-order valence-electron chi connectivity index (χ1n) is 5.86. The van der Waals surface area contributed by atoms with Crippen molar-refractivity contribution < 1.29 is 0 Å². The van der Waals surface area contributed by atoms with Crippen LogP contribution >= 0.6 is 15.9 Å². The molecule has 0 saturated carbocycles. The molecule has 0 fully saturated rings. The third-order valence-electron chi connectivity index (χ3n) is 2.86. The Bertz CT molecular complexity index is 571. The third-order valence-corrected chi connectivity index (χ3v) is 3.51. The molecule has 0 heterocycles. The van der Waals surface area contributed by atoms with Crippen LogP contribution in [0.4, 0.5) is 17.1 Å². The summed E-state index contributed by atoms with van der Waals surface area (Å²) in [5.74, 6) is 0. The van der Waals surface area contributed by atoms with Gasteiger partial charge < -0.3 is 11.1 Å². The van der Waals surface area contributed by atoms with Crippen LogP contribution in [0.2, 0.25) is 0 Å². The SMILES string of the molecule is Cc1cc(C)cc(Nc2cc(C)c(N)cc2Br)c1. The Kier molecular flexibility index (Phi) is 3.62. The number of hydrogen-bond acceptors (Lipinski definition) is 2. The molecule has 0 aliphatic carbocycles. The molecule has 3 heteroatoms. The Morgan fingerprint density at radius 3 is 2.17 bits per heavy atom. The van der Waals surface area contributed by atoms with Crippen LogP contribution in [0.5, 0.6) is 0 Å². The van der Waals surface area contributed by atoms with Crippen LogP contribution in [0.15, 0.2) is 34.8 Å². The van der Waals surface area contributed by atoms with Crippen molar-refractivity contribution in [2.45, 2.75) is 20.8 Å². The van der Waals surface area contributed by atoms with E-state index in [1.165, 1.54) is 11.1 Å². The molecule has 0 unspecified atom stereocenters. The molecule has 0 aromatic heterocycles. The average molecular weight is 305 g/mol. The van der Waals surface area contributed by atoms with Crippen molar-refractivity contribution in [3.8, 4) is 0 Å². The number of halogens is 1. The fourth-order valence-electron chi connectivity index (χ4n) is 2.00. The fraction of sp³-hybridized carbons (Fsp3) is 0.200. The normalized spacial score (nSPS) is 10.4. The van der Waals surface area contributed by atoms with E-state index in [9.17, 15) is 0 Å².